The maximum absolute atomic E-state index is 12.2. The Morgan fingerprint density at radius 3 is 2.25 bits per heavy atom. The van der Waals surface area contributed by atoms with Crippen LogP contribution >= 0.6 is 0 Å². The molecule has 0 saturated heterocycles. The summed E-state index contributed by atoms with van der Waals surface area (Å²) in [4.78, 5) is 12.2. The third kappa shape index (κ3) is 3.95. The summed E-state index contributed by atoms with van der Waals surface area (Å²) in [5, 5.41) is 10.5. The summed E-state index contributed by atoms with van der Waals surface area (Å²) in [5.74, 6) is 2.12. The van der Waals surface area contributed by atoms with E-state index >= 15 is 0 Å². The van der Waals surface area contributed by atoms with Crippen LogP contribution in [0.15, 0.2) is 16.5 Å². The summed E-state index contributed by atoms with van der Waals surface area (Å²) >= 11 is 0. The zero-order chi connectivity index (χ0) is 17.7. The molecule has 1 heterocycles. The van der Waals surface area contributed by atoms with Crippen molar-refractivity contribution < 1.29 is 23.4 Å². The number of nitrogens with one attached hydrogen (secondary N) is 1. The number of rotatable bonds is 7. The second kappa shape index (κ2) is 7.67. The molecule has 1 aromatic heterocycles. The highest BCUT2D eigenvalue weighted by atomic mass is 16.5. The van der Waals surface area contributed by atoms with Crippen LogP contribution in [0.5, 0.6) is 17.2 Å². The third-order valence-electron chi connectivity index (χ3n) is 3.38. The Balaban J connectivity index is 2.11. The average Bonchev–Trinajstić information content (AvgIpc) is 3.00. The van der Waals surface area contributed by atoms with Crippen LogP contribution in [0, 0.1) is 6.92 Å². The van der Waals surface area contributed by atoms with Gasteiger partial charge in [-0.15, -0.1) is 10.2 Å². The van der Waals surface area contributed by atoms with Gasteiger partial charge in [-0.2, -0.15) is 0 Å². The van der Waals surface area contributed by atoms with Crippen LogP contribution in [0.2, 0.25) is 0 Å². The maximum atomic E-state index is 12.2. The minimum atomic E-state index is -0.374. The van der Waals surface area contributed by atoms with E-state index in [0.29, 0.717) is 29.0 Å². The molecule has 0 aliphatic heterocycles. The molecule has 0 aliphatic carbocycles. The van der Waals surface area contributed by atoms with Crippen molar-refractivity contribution in [2.24, 2.45) is 0 Å². The van der Waals surface area contributed by atoms with Crippen molar-refractivity contribution in [2.75, 3.05) is 21.3 Å². The highest BCUT2D eigenvalue weighted by Gasteiger charge is 2.18. The van der Waals surface area contributed by atoms with Gasteiger partial charge in [0.1, 0.15) is 6.04 Å². The van der Waals surface area contributed by atoms with Gasteiger partial charge in [0, 0.05) is 6.92 Å². The second-order valence-electron chi connectivity index (χ2n) is 5.16. The van der Waals surface area contributed by atoms with Gasteiger partial charge >= 0.3 is 0 Å². The lowest BCUT2D eigenvalue weighted by atomic mass is 10.1. The highest BCUT2D eigenvalue weighted by molar-refractivity contribution is 5.79. The first-order valence-corrected chi connectivity index (χ1v) is 7.36. The molecular weight excluding hydrogens is 314 g/mol. The first kappa shape index (κ1) is 17.6. The van der Waals surface area contributed by atoms with Gasteiger partial charge in [0.15, 0.2) is 11.5 Å². The van der Waals surface area contributed by atoms with Crippen LogP contribution in [-0.4, -0.2) is 37.4 Å². The number of carbonyl (C=O) groups excluding carboxylic acids is 1. The smallest absolute Gasteiger partial charge is 0.238 e. The molecule has 0 spiro atoms. The largest absolute Gasteiger partial charge is 0.493 e. The third-order valence-corrected chi connectivity index (χ3v) is 3.38. The predicted molar refractivity (Wildman–Crippen MR) is 85.4 cm³/mol. The molecule has 0 aliphatic rings. The molecule has 2 aromatic rings. The number of amides is 1. The topological polar surface area (TPSA) is 95.7 Å². The van der Waals surface area contributed by atoms with E-state index in [1.807, 2.05) is 0 Å². The molecule has 0 saturated carbocycles. The Labute approximate surface area is 140 Å². The van der Waals surface area contributed by atoms with Gasteiger partial charge in [0.05, 0.1) is 27.8 Å². The zero-order valence-electron chi connectivity index (χ0n) is 14.4. The van der Waals surface area contributed by atoms with Crippen LogP contribution < -0.4 is 19.5 Å². The Morgan fingerprint density at radius 2 is 1.79 bits per heavy atom. The second-order valence-corrected chi connectivity index (χ2v) is 5.16. The van der Waals surface area contributed by atoms with Crippen molar-refractivity contribution in [3.05, 3.63) is 29.5 Å². The summed E-state index contributed by atoms with van der Waals surface area (Å²) in [7, 11) is 4.59. The summed E-state index contributed by atoms with van der Waals surface area (Å²) in [5.41, 5.74) is 0.732. The van der Waals surface area contributed by atoms with E-state index in [1.165, 1.54) is 21.3 Å². The number of aryl methyl sites for hydroxylation is 1. The molecule has 0 bridgehead atoms. The quantitative estimate of drug-likeness (QED) is 0.824. The number of hydrogen-bond acceptors (Lipinski definition) is 7. The number of methoxy groups -OCH3 is 3. The van der Waals surface area contributed by atoms with Crippen LogP contribution in [0.25, 0.3) is 0 Å². The van der Waals surface area contributed by atoms with Gasteiger partial charge in [-0.3, -0.25) is 4.79 Å². The van der Waals surface area contributed by atoms with Crippen molar-refractivity contribution in [1.82, 2.24) is 15.5 Å². The summed E-state index contributed by atoms with van der Waals surface area (Å²) in [6.45, 7) is 3.47. The van der Waals surface area contributed by atoms with Gasteiger partial charge in [-0.25, -0.2) is 0 Å². The fourth-order valence-corrected chi connectivity index (χ4v) is 2.26. The minimum Gasteiger partial charge on any atom is -0.493 e. The number of hydrogen-bond donors (Lipinski definition) is 1. The van der Waals surface area contributed by atoms with Crippen LogP contribution in [0.1, 0.15) is 30.3 Å². The fraction of sp³-hybridized carbons (Fsp3) is 0.438. The minimum absolute atomic E-state index is 0.147. The monoisotopic (exact) mass is 335 g/mol. The maximum Gasteiger partial charge on any atom is 0.238 e. The molecule has 0 unspecified atom stereocenters. The van der Waals surface area contributed by atoms with Gasteiger partial charge in [-0.05, 0) is 24.6 Å². The zero-order valence-corrected chi connectivity index (χ0v) is 14.4. The van der Waals surface area contributed by atoms with Crippen molar-refractivity contribution in [2.45, 2.75) is 26.3 Å². The molecule has 8 nitrogen and oxygen atoms in total. The molecule has 2 rings (SSSR count). The lowest BCUT2D eigenvalue weighted by molar-refractivity contribution is -0.121. The first-order valence-electron chi connectivity index (χ1n) is 7.36. The van der Waals surface area contributed by atoms with Gasteiger partial charge in [-0.1, -0.05) is 0 Å². The van der Waals surface area contributed by atoms with Crippen LogP contribution in [0.3, 0.4) is 0 Å². The van der Waals surface area contributed by atoms with Gasteiger partial charge < -0.3 is 23.9 Å². The number of carbonyl (C=O) groups is 1. The standard InChI is InChI=1S/C16H21N3O5/c1-9(16-19-18-10(2)24-16)17-14(20)8-11-6-12(21-3)15(23-5)13(7-11)22-4/h6-7,9H,8H2,1-5H3,(H,17,20)/t9-/m0/s1. The molecule has 130 valence electrons. The highest BCUT2D eigenvalue weighted by Crippen LogP contribution is 2.38. The number of nitrogens with zero attached hydrogens (tertiary/aromatic N) is 2. The summed E-state index contributed by atoms with van der Waals surface area (Å²) in [6, 6.07) is 3.10. The fourth-order valence-electron chi connectivity index (χ4n) is 2.26. The van der Waals surface area contributed by atoms with Crippen LogP contribution in [0.4, 0.5) is 0 Å². The van der Waals surface area contributed by atoms with E-state index in [4.69, 9.17) is 18.6 Å². The molecule has 0 fully saturated rings. The summed E-state index contributed by atoms with van der Waals surface area (Å²) < 4.78 is 21.1. The number of aromatic nitrogens is 2. The van der Waals surface area contributed by atoms with E-state index in [0.717, 1.165) is 5.56 Å². The van der Waals surface area contributed by atoms with Crippen molar-refractivity contribution in [3.63, 3.8) is 0 Å². The Kier molecular flexibility index (Phi) is 5.62. The predicted octanol–water partition coefficient (Wildman–Crippen LogP) is 1.82. The van der Waals surface area contributed by atoms with Gasteiger partial charge in [0.2, 0.25) is 23.4 Å². The van der Waals surface area contributed by atoms with Crippen molar-refractivity contribution in [1.29, 1.82) is 0 Å². The van der Waals surface area contributed by atoms with Crippen molar-refractivity contribution >= 4 is 5.91 Å². The molecule has 1 aromatic carbocycles. The molecule has 0 radical (unpaired) electrons. The Hall–Kier alpha value is -2.77. The van der Waals surface area contributed by atoms with E-state index < -0.39 is 0 Å². The molecule has 1 N–H and O–H groups in total. The lowest BCUT2D eigenvalue weighted by Crippen LogP contribution is -2.28. The normalized spacial score (nSPS) is 11.7. The van der Waals surface area contributed by atoms with Crippen molar-refractivity contribution in [3.8, 4) is 17.2 Å². The van der Waals surface area contributed by atoms with E-state index in [-0.39, 0.29) is 18.4 Å². The average molecular weight is 335 g/mol. The molecular formula is C16H21N3O5. The van der Waals surface area contributed by atoms with Crippen LogP contribution in [-0.2, 0) is 11.2 Å². The first-order chi connectivity index (χ1) is 11.5. The number of ether oxygens (including phenoxy) is 3. The molecule has 1 atom stereocenters. The SMILES string of the molecule is COc1cc(CC(=O)N[C@@H](C)c2nnc(C)o2)cc(OC)c1OC. The Bertz CT molecular complexity index is 688. The van der Waals surface area contributed by atoms with Gasteiger partial charge in [0.25, 0.3) is 0 Å². The number of benzene rings is 1. The molecule has 1 amide bonds. The Morgan fingerprint density at radius 1 is 1.17 bits per heavy atom. The molecule has 8 heteroatoms. The lowest BCUT2D eigenvalue weighted by Gasteiger charge is -2.15. The van der Waals surface area contributed by atoms with E-state index in [9.17, 15) is 4.79 Å². The molecule has 24 heavy (non-hydrogen) atoms. The van der Waals surface area contributed by atoms with E-state index in [2.05, 4.69) is 15.5 Å². The summed E-state index contributed by atoms with van der Waals surface area (Å²) in [6.07, 6.45) is 0.147. The van der Waals surface area contributed by atoms with E-state index in [1.54, 1.807) is 26.0 Å².